The minimum absolute atomic E-state index is 0.302. The number of rotatable bonds is 5. The quantitative estimate of drug-likeness (QED) is 0.658. The third-order valence-electron chi connectivity index (χ3n) is 4.99. The molecule has 1 amide bonds. The Morgan fingerprint density at radius 1 is 0.964 bits per heavy atom. The summed E-state index contributed by atoms with van der Waals surface area (Å²) in [4.78, 5) is 27.5. The van der Waals surface area contributed by atoms with Gasteiger partial charge >= 0.3 is 0 Å². The van der Waals surface area contributed by atoms with E-state index in [1.165, 1.54) is 4.90 Å². The first-order valence-electron chi connectivity index (χ1n) is 8.95. The molecule has 1 heterocycles. The van der Waals surface area contributed by atoms with Crippen molar-refractivity contribution in [2.75, 3.05) is 4.90 Å². The molecule has 3 aromatic rings. The van der Waals surface area contributed by atoms with E-state index < -0.39 is 11.5 Å². The Bertz CT molecular complexity index is 1040. The molecule has 0 aliphatic carbocycles. The van der Waals surface area contributed by atoms with Crippen LogP contribution < -0.4 is 4.90 Å². The molecule has 4 rings (SSSR count). The van der Waals surface area contributed by atoms with Gasteiger partial charge in [-0.3, -0.25) is 9.59 Å². The summed E-state index contributed by atoms with van der Waals surface area (Å²) in [5.41, 5.74) is 0.373. The van der Waals surface area contributed by atoms with Gasteiger partial charge in [0.2, 0.25) is 0 Å². The number of carbonyl (C=O) groups is 2. The van der Waals surface area contributed by atoms with Gasteiger partial charge in [-0.2, -0.15) is 0 Å². The van der Waals surface area contributed by atoms with Crippen molar-refractivity contribution in [2.24, 2.45) is 0 Å². The van der Waals surface area contributed by atoms with Gasteiger partial charge in [0.15, 0.2) is 11.4 Å². The monoisotopic (exact) mass is 391 g/mol. The largest absolute Gasteiger partial charge is 0.375 e. The third kappa shape index (κ3) is 3.21. The van der Waals surface area contributed by atoms with Crippen molar-refractivity contribution < 1.29 is 14.7 Å². The number of carbonyl (C=O) groups excluding carboxylic acids is 2. The van der Waals surface area contributed by atoms with Crippen LogP contribution >= 0.6 is 11.6 Å². The first-order chi connectivity index (χ1) is 13.5. The molecule has 0 fully saturated rings. The van der Waals surface area contributed by atoms with Crippen LogP contribution in [0.25, 0.3) is 0 Å². The average Bonchev–Trinajstić information content (AvgIpc) is 2.91. The molecule has 5 heteroatoms. The van der Waals surface area contributed by atoms with Gasteiger partial charge in [-0.25, -0.2) is 0 Å². The van der Waals surface area contributed by atoms with Crippen LogP contribution in [0.15, 0.2) is 78.9 Å². The maximum atomic E-state index is 13.2. The summed E-state index contributed by atoms with van der Waals surface area (Å²) in [5, 5.41) is 11.7. The lowest BCUT2D eigenvalue weighted by Gasteiger charge is -2.23. The van der Waals surface area contributed by atoms with Gasteiger partial charge in [-0.05, 0) is 23.8 Å². The van der Waals surface area contributed by atoms with Gasteiger partial charge in [0.1, 0.15) is 0 Å². The fourth-order valence-corrected chi connectivity index (χ4v) is 3.75. The number of amides is 1. The molecule has 0 unspecified atom stereocenters. The van der Waals surface area contributed by atoms with Crippen LogP contribution in [0.3, 0.4) is 0 Å². The van der Waals surface area contributed by atoms with Crippen molar-refractivity contribution in [1.82, 2.24) is 0 Å². The topological polar surface area (TPSA) is 57.6 Å². The highest BCUT2D eigenvalue weighted by Gasteiger charge is 2.51. The molecule has 3 aromatic carbocycles. The maximum absolute atomic E-state index is 13.2. The second-order valence-corrected chi connectivity index (χ2v) is 7.30. The summed E-state index contributed by atoms with van der Waals surface area (Å²) >= 11 is 6.13. The second-order valence-electron chi connectivity index (χ2n) is 6.86. The number of hydrogen-bond donors (Lipinski definition) is 1. The van der Waals surface area contributed by atoms with E-state index in [2.05, 4.69) is 0 Å². The minimum Gasteiger partial charge on any atom is -0.375 e. The zero-order valence-electron chi connectivity index (χ0n) is 15.0. The fraction of sp³-hybridized carbons (Fsp3) is 0.130. The summed E-state index contributed by atoms with van der Waals surface area (Å²) in [6.07, 6.45) is -0.339. The average molecular weight is 392 g/mol. The van der Waals surface area contributed by atoms with Crippen molar-refractivity contribution in [2.45, 2.75) is 18.6 Å². The summed E-state index contributed by atoms with van der Waals surface area (Å²) < 4.78 is 0. The van der Waals surface area contributed by atoms with Crippen LogP contribution in [0.4, 0.5) is 5.69 Å². The highest BCUT2D eigenvalue weighted by atomic mass is 35.5. The van der Waals surface area contributed by atoms with E-state index in [0.29, 0.717) is 28.4 Å². The number of Topliss-reactive ketones (excluding diaryl/α,β-unsaturated/α-hetero) is 1. The van der Waals surface area contributed by atoms with Gasteiger partial charge in [0.25, 0.3) is 5.91 Å². The third-order valence-corrected chi connectivity index (χ3v) is 5.22. The molecule has 28 heavy (non-hydrogen) atoms. The molecular formula is C23H18ClNO3. The van der Waals surface area contributed by atoms with Gasteiger partial charge in [0, 0.05) is 16.1 Å². The number of benzene rings is 3. The van der Waals surface area contributed by atoms with Crippen LogP contribution in [-0.4, -0.2) is 16.8 Å². The zero-order chi connectivity index (χ0) is 19.7. The molecule has 140 valence electrons. The highest BCUT2D eigenvalue weighted by molar-refractivity contribution is 6.31. The Kier molecular flexibility index (Phi) is 4.75. The van der Waals surface area contributed by atoms with Crippen molar-refractivity contribution in [3.05, 3.63) is 101 Å². The molecule has 0 bridgehead atoms. The van der Waals surface area contributed by atoms with Crippen LogP contribution in [0, 0.1) is 0 Å². The Morgan fingerprint density at radius 2 is 1.61 bits per heavy atom. The van der Waals surface area contributed by atoms with E-state index in [1.54, 1.807) is 42.5 Å². The predicted octanol–water partition coefficient (Wildman–Crippen LogP) is 4.35. The molecular weight excluding hydrogens is 374 g/mol. The van der Waals surface area contributed by atoms with E-state index in [-0.39, 0.29) is 12.2 Å². The lowest BCUT2D eigenvalue weighted by Crippen LogP contribution is -2.41. The molecule has 0 saturated carbocycles. The first kappa shape index (κ1) is 18.4. The minimum atomic E-state index is -1.94. The first-order valence-corrected chi connectivity index (χ1v) is 9.33. The second kappa shape index (κ2) is 7.23. The van der Waals surface area contributed by atoms with Crippen LogP contribution in [0.5, 0.6) is 0 Å². The summed E-state index contributed by atoms with van der Waals surface area (Å²) in [6.45, 7) is 0.302. The summed E-state index contributed by atoms with van der Waals surface area (Å²) in [7, 11) is 0. The molecule has 0 saturated heterocycles. The number of aliphatic hydroxyl groups is 1. The fourth-order valence-electron chi connectivity index (χ4n) is 3.58. The maximum Gasteiger partial charge on any atom is 0.264 e. The van der Waals surface area contributed by atoms with Crippen molar-refractivity contribution in [1.29, 1.82) is 0 Å². The van der Waals surface area contributed by atoms with Crippen LogP contribution in [0.2, 0.25) is 5.02 Å². The van der Waals surface area contributed by atoms with Crippen molar-refractivity contribution >= 4 is 29.0 Å². The van der Waals surface area contributed by atoms with Crippen LogP contribution in [0.1, 0.15) is 27.9 Å². The van der Waals surface area contributed by atoms with Crippen molar-refractivity contribution in [3.8, 4) is 0 Å². The number of halogens is 1. The zero-order valence-corrected chi connectivity index (χ0v) is 15.8. The van der Waals surface area contributed by atoms with Crippen molar-refractivity contribution in [3.63, 3.8) is 0 Å². The van der Waals surface area contributed by atoms with E-state index in [0.717, 1.165) is 5.56 Å². The molecule has 0 aromatic heterocycles. The lowest BCUT2D eigenvalue weighted by molar-refractivity contribution is -0.136. The Hall–Kier alpha value is -2.95. The van der Waals surface area contributed by atoms with Gasteiger partial charge in [-0.15, -0.1) is 0 Å². The Balaban J connectivity index is 1.72. The molecule has 1 N–H and O–H groups in total. The molecule has 1 aliphatic heterocycles. The molecule has 1 atom stereocenters. The van der Waals surface area contributed by atoms with E-state index >= 15 is 0 Å². The summed E-state index contributed by atoms with van der Waals surface area (Å²) in [5.74, 6) is -0.818. The predicted molar refractivity (Wildman–Crippen MR) is 108 cm³/mol. The van der Waals surface area contributed by atoms with Gasteiger partial charge in [-0.1, -0.05) is 72.3 Å². The molecule has 4 nitrogen and oxygen atoms in total. The number of ketones is 1. The van der Waals surface area contributed by atoms with Crippen LogP contribution in [-0.2, 0) is 16.9 Å². The normalized spacial score (nSPS) is 18.2. The summed E-state index contributed by atoms with van der Waals surface area (Å²) in [6, 6.07) is 23.1. The highest BCUT2D eigenvalue weighted by Crippen LogP contribution is 2.44. The van der Waals surface area contributed by atoms with Gasteiger partial charge in [0.05, 0.1) is 18.7 Å². The Labute approximate surface area is 168 Å². The number of fused-ring (bicyclic) bond motifs is 1. The van der Waals surface area contributed by atoms with E-state index in [4.69, 9.17) is 11.6 Å². The standard InChI is InChI=1S/C23H18ClNO3/c24-18-11-12-20-19(13-18)23(28,14-21(26)17-9-5-2-6-10-17)22(27)25(20)15-16-7-3-1-4-8-16/h1-13,28H,14-15H2/t23-/m1/s1. The molecule has 0 spiro atoms. The Morgan fingerprint density at radius 3 is 2.29 bits per heavy atom. The van der Waals surface area contributed by atoms with E-state index in [1.807, 2.05) is 36.4 Å². The van der Waals surface area contributed by atoms with Gasteiger partial charge < -0.3 is 10.0 Å². The SMILES string of the molecule is O=C(C[C@]1(O)C(=O)N(Cc2ccccc2)c2ccc(Cl)cc21)c1ccccc1. The number of nitrogens with zero attached hydrogens (tertiary/aromatic N) is 1. The molecule has 1 aliphatic rings. The lowest BCUT2D eigenvalue weighted by atomic mass is 9.88. The molecule has 0 radical (unpaired) electrons. The van der Waals surface area contributed by atoms with E-state index in [9.17, 15) is 14.7 Å². The smallest absolute Gasteiger partial charge is 0.264 e. The number of anilines is 1. The number of hydrogen-bond acceptors (Lipinski definition) is 3.